The number of hydrogen-bond acceptors (Lipinski definition) is 3. The lowest BCUT2D eigenvalue weighted by molar-refractivity contribution is 0.0320. The molecule has 1 atom stereocenters. The van der Waals surface area contributed by atoms with Gasteiger partial charge in [-0.2, -0.15) is 0 Å². The maximum absolute atomic E-state index is 5.45. The largest absolute Gasteiger partial charge is 0.381 e. The second-order valence-electron chi connectivity index (χ2n) is 5.50. The van der Waals surface area contributed by atoms with Crippen molar-refractivity contribution in [2.75, 3.05) is 32.8 Å². The van der Waals surface area contributed by atoms with Crippen LogP contribution in [-0.2, 0) is 4.74 Å². The molecule has 0 bridgehead atoms. The average Bonchev–Trinajstić information content (AvgIpc) is 2.56. The third kappa shape index (κ3) is 3.19. The Labute approximate surface area is 99.5 Å². The zero-order valence-corrected chi connectivity index (χ0v) is 10.7. The molecule has 0 radical (unpaired) electrons. The third-order valence-corrected chi connectivity index (χ3v) is 3.97. The van der Waals surface area contributed by atoms with Crippen LogP contribution in [0.5, 0.6) is 0 Å². The summed E-state index contributed by atoms with van der Waals surface area (Å²) in [5, 5.41) is 3.68. The van der Waals surface area contributed by atoms with Gasteiger partial charge in [-0.05, 0) is 38.3 Å². The van der Waals surface area contributed by atoms with Crippen molar-refractivity contribution in [3.05, 3.63) is 0 Å². The first-order chi connectivity index (χ1) is 7.77. The normalized spacial score (nSPS) is 30.6. The summed E-state index contributed by atoms with van der Waals surface area (Å²) in [5.74, 6) is 0.737. The van der Waals surface area contributed by atoms with Crippen molar-refractivity contribution in [1.82, 2.24) is 10.2 Å². The zero-order chi connectivity index (χ0) is 11.4. The second kappa shape index (κ2) is 5.99. The van der Waals surface area contributed by atoms with Gasteiger partial charge in [0, 0.05) is 31.8 Å². The molecule has 94 valence electrons. The minimum Gasteiger partial charge on any atom is -0.381 e. The summed E-state index contributed by atoms with van der Waals surface area (Å²) in [4.78, 5) is 2.70. The van der Waals surface area contributed by atoms with E-state index in [0.29, 0.717) is 6.04 Å². The molecule has 2 rings (SSSR count). The van der Waals surface area contributed by atoms with Gasteiger partial charge in [0.1, 0.15) is 0 Å². The summed E-state index contributed by atoms with van der Waals surface area (Å²) in [6.45, 7) is 10.2. The highest BCUT2D eigenvalue weighted by atomic mass is 16.5. The highest BCUT2D eigenvalue weighted by molar-refractivity contribution is 4.83. The molecular formula is C13H26N2O. The molecule has 2 fully saturated rings. The molecule has 0 aromatic heterocycles. The molecule has 16 heavy (non-hydrogen) atoms. The molecule has 3 nitrogen and oxygen atoms in total. The first-order valence-corrected chi connectivity index (χ1v) is 6.82. The van der Waals surface area contributed by atoms with E-state index in [0.717, 1.165) is 25.2 Å². The van der Waals surface area contributed by atoms with Gasteiger partial charge in [0.15, 0.2) is 0 Å². The van der Waals surface area contributed by atoms with Crippen LogP contribution in [0.2, 0.25) is 0 Å². The summed E-state index contributed by atoms with van der Waals surface area (Å²) in [6, 6.07) is 1.44. The van der Waals surface area contributed by atoms with E-state index in [1.807, 2.05) is 0 Å². The van der Waals surface area contributed by atoms with Crippen molar-refractivity contribution in [1.29, 1.82) is 0 Å². The van der Waals surface area contributed by atoms with Crippen LogP contribution in [0.4, 0.5) is 0 Å². The Hall–Kier alpha value is -0.120. The lowest BCUT2D eigenvalue weighted by Crippen LogP contribution is -2.46. The van der Waals surface area contributed by atoms with Gasteiger partial charge in [0.05, 0.1) is 0 Å². The zero-order valence-electron chi connectivity index (χ0n) is 10.7. The van der Waals surface area contributed by atoms with E-state index in [4.69, 9.17) is 4.74 Å². The first kappa shape index (κ1) is 12.3. The average molecular weight is 226 g/mol. The topological polar surface area (TPSA) is 24.5 Å². The van der Waals surface area contributed by atoms with E-state index in [1.165, 1.54) is 38.9 Å². The van der Waals surface area contributed by atoms with Crippen LogP contribution in [0.15, 0.2) is 0 Å². The van der Waals surface area contributed by atoms with E-state index in [9.17, 15) is 0 Å². The van der Waals surface area contributed by atoms with E-state index in [-0.39, 0.29) is 0 Å². The van der Waals surface area contributed by atoms with E-state index in [1.54, 1.807) is 0 Å². The minimum absolute atomic E-state index is 0.672. The highest BCUT2D eigenvalue weighted by Gasteiger charge is 2.26. The Bertz CT molecular complexity index is 202. The summed E-state index contributed by atoms with van der Waals surface area (Å²) in [6.07, 6.45) is 3.75. The molecule has 0 aliphatic carbocycles. The van der Waals surface area contributed by atoms with Gasteiger partial charge in [0.2, 0.25) is 0 Å². The standard InChI is InChI=1S/C13H26N2O/c1-11(2)13-10-15(7-3-6-14-13)12-4-8-16-9-5-12/h11-14H,3-10H2,1-2H3. The van der Waals surface area contributed by atoms with Gasteiger partial charge < -0.3 is 10.1 Å². The van der Waals surface area contributed by atoms with E-state index in [2.05, 4.69) is 24.1 Å². The molecule has 1 N–H and O–H groups in total. The Morgan fingerprint density at radius 3 is 2.69 bits per heavy atom. The van der Waals surface area contributed by atoms with Gasteiger partial charge in [-0.15, -0.1) is 0 Å². The highest BCUT2D eigenvalue weighted by Crippen LogP contribution is 2.18. The van der Waals surface area contributed by atoms with Crippen LogP contribution < -0.4 is 5.32 Å². The summed E-state index contributed by atoms with van der Waals surface area (Å²) in [5.41, 5.74) is 0. The number of rotatable bonds is 2. The van der Waals surface area contributed by atoms with Crippen LogP contribution in [0.1, 0.15) is 33.1 Å². The second-order valence-corrected chi connectivity index (χ2v) is 5.50. The Kier molecular flexibility index (Phi) is 4.62. The maximum Gasteiger partial charge on any atom is 0.0480 e. The van der Waals surface area contributed by atoms with E-state index < -0.39 is 0 Å². The molecule has 2 aliphatic heterocycles. The molecule has 0 saturated carbocycles. The molecule has 2 heterocycles. The number of hydrogen-bond donors (Lipinski definition) is 1. The first-order valence-electron chi connectivity index (χ1n) is 6.82. The predicted octanol–water partition coefficient (Wildman–Crippen LogP) is 1.49. The van der Waals surface area contributed by atoms with Gasteiger partial charge in [-0.3, -0.25) is 4.90 Å². The molecule has 2 aliphatic rings. The Morgan fingerprint density at radius 2 is 2.00 bits per heavy atom. The molecule has 0 aromatic rings. The van der Waals surface area contributed by atoms with Crippen molar-refractivity contribution >= 4 is 0 Å². The lowest BCUT2D eigenvalue weighted by Gasteiger charge is -2.35. The number of nitrogens with zero attached hydrogens (tertiary/aromatic N) is 1. The fraction of sp³-hybridized carbons (Fsp3) is 1.00. The maximum atomic E-state index is 5.45. The summed E-state index contributed by atoms with van der Waals surface area (Å²) in [7, 11) is 0. The molecular weight excluding hydrogens is 200 g/mol. The number of nitrogens with one attached hydrogen (secondary N) is 1. The molecule has 0 amide bonds. The molecule has 3 heteroatoms. The fourth-order valence-corrected chi connectivity index (χ4v) is 2.81. The number of ether oxygens (including phenoxy) is 1. The summed E-state index contributed by atoms with van der Waals surface area (Å²) >= 11 is 0. The Morgan fingerprint density at radius 1 is 1.25 bits per heavy atom. The van der Waals surface area contributed by atoms with E-state index >= 15 is 0 Å². The van der Waals surface area contributed by atoms with Crippen LogP contribution in [0.3, 0.4) is 0 Å². The molecule has 0 spiro atoms. The van der Waals surface area contributed by atoms with Gasteiger partial charge in [0.25, 0.3) is 0 Å². The van der Waals surface area contributed by atoms with Gasteiger partial charge in [-0.25, -0.2) is 0 Å². The minimum atomic E-state index is 0.672. The molecule has 0 aromatic carbocycles. The predicted molar refractivity (Wildman–Crippen MR) is 66.7 cm³/mol. The molecule has 1 unspecified atom stereocenters. The Balaban J connectivity index is 1.91. The summed E-state index contributed by atoms with van der Waals surface area (Å²) < 4.78 is 5.45. The van der Waals surface area contributed by atoms with Crippen molar-refractivity contribution in [2.24, 2.45) is 5.92 Å². The fourth-order valence-electron chi connectivity index (χ4n) is 2.81. The van der Waals surface area contributed by atoms with Crippen LogP contribution in [0.25, 0.3) is 0 Å². The van der Waals surface area contributed by atoms with Gasteiger partial charge >= 0.3 is 0 Å². The SMILES string of the molecule is CC(C)C1CN(C2CCOCC2)CCCN1. The van der Waals surface area contributed by atoms with Crippen molar-refractivity contribution in [2.45, 2.75) is 45.2 Å². The quantitative estimate of drug-likeness (QED) is 0.772. The van der Waals surface area contributed by atoms with Crippen LogP contribution >= 0.6 is 0 Å². The monoisotopic (exact) mass is 226 g/mol. The van der Waals surface area contributed by atoms with Crippen molar-refractivity contribution in [3.8, 4) is 0 Å². The van der Waals surface area contributed by atoms with Crippen LogP contribution in [0, 0.1) is 5.92 Å². The van der Waals surface area contributed by atoms with Crippen molar-refractivity contribution < 1.29 is 4.74 Å². The lowest BCUT2D eigenvalue weighted by atomic mass is 10.0. The van der Waals surface area contributed by atoms with Crippen molar-refractivity contribution in [3.63, 3.8) is 0 Å². The van der Waals surface area contributed by atoms with Crippen LogP contribution in [-0.4, -0.2) is 49.8 Å². The third-order valence-electron chi connectivity index (χ3n) is 3.97. The van der Waals surface area contributed by atoms with Gasteiger partial charge in [-0.1, -0.05) is 13.8 Å². The smallest absolute Gasteiger partial charge is 0.0480 e. The molecule has 2 saturated heterocycles.